The van der Waals surface area contributed by atoms with Crippen molar-refractivity contribution in [1.29, 1.82) is 0 Å². The number of aromatic amines is 2. The van der Waals surface area contributed by atoms with Crippen molar-refractivity contribution < 1.29 is 4.79 Å². The van der Waals surface area contributed by atoms with E-state index in [1.54, 1.807) is 17.5 Å². The van der Waals surface area contributed by atoms with Crippen LogP contribution in [-0.4, -0.2) is 26.1 Å². The number of para-hydroxylation sites is 2. The Bertz CT molecular complexity index is 1490. The lowest BCUT2D eigenvalue weighted by Crippen LogP contribution is -2.13. The van der Waals surface area contributed by atoms with Gasteiger partial charge in [-0.2, -0.15) is 5.10 Å². The van der Waals surface area contributed by atoms with Gasteiger partial charge in [0, 0.05) is 26.2 Å². The van der Waals surface area contributed by atoms with Gasteiger partial charge < -0.3 is 10.3 Å². The van der Waals surface area contributed by atoms with Gasteiger partial charge >= 0.3 is 0 Å². The lowest BCUT2D eigenvalue weighted by atomic mass is 10.1. The molecule has 0 aliphatic heterocycles. The van der Waals surface area contributed by atoms with E-state index < -0.39 is 0 Å². The maximum absolute atomic E-state index is 12.8. The number of imidazole rings is 1. The van der Waals surface area contributed by atoms with Crippen LogP contribution in [0.15, 0.2) is 72.9 Å². The van der Waals surface area contributed by atoms with Crippen LogP contribution in [0.3, 0.4) is 0 Å². The Morgan fingerprint density at radius 2 is 1.83 bits per heavy atom. The number of carbonyl (C=O) groups excluding carboxylic acids is 1. The third-order valence-corrected chi connectivity index (χ3v) is 6.25. The Kier molecular flexibility index (Phi) is 3.69. The monoisotopic (exact) mass is 409 g/mol. The number of hydrogen-bond acceptors (Lipinski definition) is 4. The van der Waals surface area contributed by atoms with E-state index in [0.29, 0.717) is 5.69 Å². The second kappa shape index (κ2) is 6.53. The number of anilines is 1. The van der Waals surface area contributed by atoms with Gasteiger partial charge in [0.1, 0.15) is 0 Å². The molecule has 0 fully saturated rings. The molecule has 3 N–H and O–H groups in total. The van der Waals surface area contributed by atoms with Gasteiger partial charge in [0.15, 0.2) is 5.82 Å². The molecule has 0 atom stereocenters. The smallest absolute Gasteiger partial charge is 0.291 e. The Morgan fingerprint density at radius 3 is 2.73 bits per heavy atom. The second-order valence-corrected chi connectivity index (χ2v) is 8.15. The zero-order chi connectivity index (χ0) is 20.1. The molecule has 3 aromatic heterocycles. The zero-order valence-electron chi connectivity index (χ0n) is 15.6. The van der Waals surface area contributed by atoms with Crippen molar-refractivity contribution in [3.8, 4) is 10.4 Å². The minimum absolute atomic E-state index is 0.281. The summed E-state index contributed by atoms with van der Waals surface area (Å²) in [5, 5.41) is 12.4. The van der Waals surface area contributed by atoms with E-state index >= 15 is 0 Å². The SMILES string of the molecule is O=C(Nc1cc(-c2cc3ccccc3s2)c2[nH]ncc2c1)c1nc2ccccc2[nH]1. The number of aromatic nitrogens is 4. The summed E-state index contributed by atoms with van der Waals surface area (Å²) in [6.07, 6.45) is 1.77. The highest BCUT2D eigenvalue weighted by molar-refractivity contribution is 7.22. The topological polar surface area (TPSA) is 86.5 Å². The van der Waals surface area contributed by atoms with Gasteiger partial charge in [0.05, 0.1) is 22.7 Å². The van der Waals surface area contributed by atoms with Crippen LogP contribution in [0, 0.1) is 0 Å². The van der Waals surface area contributed by atoms with Crippen molar-refractivity contribution in [2.45, 2.75) is 0 Å². The van der Waals surface area contributed by atoms with Crippen molar-refractivity contribution in [1.82, 2.24) is 20.2 Å². The first-order valence-electron chi connectivity index (χ1n) is 9.47. The molecule has 144 valence electrons. The fourth-order valence-corrected chi connectivity index (χ4v) is 4.77. The number of fused-ring (bicyclic) bond motifs is 3. The quantitative estimate of drug-likeness (QED) is 0.357. The molecule has 0 unspecified atom stereocenters. The lowest BCUT2D eigenvalue weighted by Gasteiger charge is -2.07. The van der Waals surface area contributed by atoms with Crippen LogP contribution in [0.5, 0.6) is 0 Å². The molecule has 0 saturated carbocycles. The highest BCUT2D eigenvalue weighted by atomic mass is 32.1. The zero-order valence-corrected chi connectivity index (χ0v) is 16.5. The van der Waals surface area contributed by atoms with E-state index in [2.05, 4.69) is 43.7 Å². The molecule has 3 aromatic carbocycles. The molecule has 6 rings (SSSR count). The molecule has 0 bridgehead atoms. The molecular weight excluding hydrogens is 394 g/mol. The van der Waals surface area contributed by atoms with E-state index in [9.17, 15) is 4.79 Å². The molecule has 0 spiro atoms. The minimum atomic E-state index is -0.281. The molecule has 0 aliphatic carbocycles. The number of nitrogens with zero attached hydrogens (tertiary/aromatic N) is 2. The third kappa shape index (κ3) is 2.75. The van der Waals surface area contributed by atoms with E-state index in [1.807, 2.05) is 48.5 Å². The van der Waals surface area contributed by atoms with Gasteiger partial charge in [0.25, 0.3) is 5.91 Å². The van der Waals surface area contributed by atoms with E-state index in [1.165, 1.54) is 10.1 Å². The number of rotatable bonds is 3. The predicted molar refractivity (Wildman–Crippen MR) is 121 cm³/mol. The van der Waals surface area contributed by atoms with Crippen molar-refractivity contribution in [2.24, 2.45) is 0 Å². The number of amides is 1. The maximum atomic E-state index is 12.8. The summed E-state index contributed by atoms with van der Waals surface area (Å²) in [6.45, 7) is 0. The summed E-state index contributed by atoms with van der Waals surface area (Å²) in [7, 11) is 0. The first kappa shape index (κ1) is 16.9. The Hall–Kier alpha value is -3.97. The second-order valence-electron chi connectivity index (χ2n) is 7.06. The van der Waals surface area contributed by atoms with Crippen LogP contribution in [0.25, 0.3) is 42.5 Å². The Balaban J connectivity index is 1.42. The molecule has 6 nitrogen and oxygen atoms in total. The number of hydrogen-bond donors (Lipinski definition) is 3. The number of nitrogens with one attached hydrogen (secondary N) is 3. The van der Waals surface area contributed by atoms with E-state index in [4.69, 9.17) is 0 Å². The van der Waals surface area contributed by atoms with Crippen molar-refractivity contribution >= 4 is 55.0 Å². The summed E-state index contributed by atoms with van der Waals surface area (Å²) < 4.78 is 1.22. The van der Waals surface area contributed by atoms with Crippen LogP contribution >= 0.6 is 11.3 Å². The number of H-pyrrole nitrogens is 2. The summed E-state index contributed by atoms with van der Waals surface area (Å²) in [5.74, 6) is 0.00300. The van der Waals surface area contributed by atoms with Gasteiger partial charge in [-0.1, -0.05) is 30.3 Å². The highest BCUT2D eigenvalue weighted by Crippen LogP contribution is 2.38. The lowest BCUT2D eigenvalue weighted by molar-refractivity contribution is 0.101. The standard InChI is InChI=1S/C23H15N5OS/c29-23(22-26-17-6-2-3-7-18(17)27-22)25-15-9-14-12-24-28-21(14)16(11-15)20-10-13-5-1-4-8-19(13)30-20/h1-12H,(H,24,28)(H,25,29)(H,26,27). The van der Waals surface area contributed by atoms with E-state index in [-0.39, 0.29) is 11.7 Å². The predicted octanol–water partition coefficient (Wildman–Crippen LogP) is 5.57. The number of benzene rings is 3. The molecule has 3 heterocycles. The van der Waals surface area contributed by atoms with Crippen molar-refractivity contribution in [3.63, 3.8) is 0 Å². The van der Waals surface area contributed by atoms with E-state index in [0.717, 1.165) is 32.4 Å². The number of carbonyl (C=O) groups is 1. The van der Waals surface area contributed by atoms with Gasteiger partial charge in [0.2, 0.25) is 0 Å². The first-order chi connectivity index (χ1) is 14.7. The minimum Gasteiger partial charge on any atom is -0.334 e. The van der Waals surface area contributed by atoms with Crippen LogP contribution < -0.4 is 5.32 Å². The van der Waals surface area contributed by atoms with Gasteiger partial charge in [-0.05, 0) is 41.8 Å². The molecule has 1 amide bonds. The van der Waals surface area contributed by atoms with Gasteiger partial charge in [-0.15, -0.1) is 11.3 Å². The summed E-state index contributed by atoms with van der Waals surface area (Å²) >= 11 is 1.72. The van der Waals surface area contributed by atoms with Crippen LogP contribution in [0.4, 0.5) is 5.69 Å². The number of thiophene rings is 1. The first-order valence-corrected chi connectivity index (χ1v) is 10.3. The fraction of sp³-hybridized carbons (Fsp3) is 0. The molecule has 0 saturated heterocycles. The van der Waals surface area contributed by atoms with Crippen LogP contribution in [-0.2, 0) is 0 Å². The maximum Gasteiger partial charge on any atom is 0.291 e. The molecule has 6 aromatic rings. The summed E-state index contributed by atoms with van der Waals surface area (Å²) in [4.78, 5) is 21.4. The molecule has 0 radical (unpaired) electrons. The average Bonchev–Trinajstić information content (AvgIpc) is 3.49. The molecule has 30 heavy (non-hydrogen) atoms. The van der Waals surface area contributed by atoms with Gasteiger partial charge in [-0.25, -0.2) is 4.98 Å². The van der Waals surface area contributed by atoms with Crippen LogP contribution in [0.1, 0.15) is 10.6 Å². The largest absolute Gasteiger partial charge is 0.334 e. The Labute approximate surface area is 174 Å². The van der Waals surface area contributed by atoms with Crippen LogP contribution in [0.2, 0.25) is 0 Å². The highest BCUT2D eigenvalue weighted by Gasteiger charge is 2.15. The third-order valence-electron chi connectivity index (χ3n) is 5.10. The molecule has 0 aliphatic rings. The Morgan fingerprint density at radius 1 is 0.967 bits per heavy atom. The summed E-state index contributed by atoms with van der Waals surface area (Å²) in [6, 6.07) is 21.9. The average molecular weight is 409 g/mol. The molecule has 7 heteroatoms. The van der Waals surface area contributed by atoms with Crippen molar-refractivity contribution in [3.05, 3.63) is 78.8 Å². The summed E-state index contributed by atoms with van der Waals surface area (Å²) in [5.41, 5.74) is 4.24. The fourth-order valence-electron chi connectivity index (χ4n) is 3.69. The normalized spacial score (nSPS) is 11.5. The van der Waals surface area contributed by atoms with Crippen molar-refractivity contribution in [2.75, 3.05) is 5.32 Å². The molecular formula is C23H15N5OS. The van der Waals surface area contributed by atoms with Gasteiger partial charge in [-0.3, -0.25) is 9.89 Å².